The lowest BCUT2D eigenvalue weighted by Gasteiger charge is -2.14. The van der Waals surface area contributed by atoms with Crippen LogP contribution in [0.1, 0.15) is 24.2 Å². The van der Waals surface area contributed by atoms with Crippen LogP contribution in [0.25, 0.3) is 0 Å². The standard InChI is InChI=1S/C14H15N3O/c1-10(11-5-3-2-4-6-11)18-13-9-12(14(15)16)7-8-17-13/h2-10H,1H3,(H3,15,16). The van der Waals surface area contributed by atoms with Gasteiger partial charge in [-0.2, -0.15) is 0 Å². The molecule has 0 aliphatic heterocycles. The highest BCUT2D eigenvalue weighted by atomic mass is 16.5. The molecule has 4 nitrogen and oxygen atoms in total. The molecule has 1 aromatic heterocycles. The zero-order chi connectivity index (χ0) is 13.0. The Bertz CT molecular complexity index is 540. The van der Waals surface area contributed by atoms with E-state index >= 15 is 0 Å². The molecular weight excluding hydrogens is 226 g/mol. The maximum Gasteiger partial charge on any atom is 0.214 e. The summed E-state index contributed by atoms with van der Waals surface area (Å²) in [4.78, 5) is 4.11. The molecule has 18 heavy (non-hydrogen) atoms. The Hall–Kier alpha value is -2.36. The Labute approximate surface area is 106 Å². The monoisotopic (exact) mass is 241 g/mol. The SMILES string of the molecule is CC(Oc1cc(C(=N)N)ccn1)c1ccccc1. The number of aromatic nitrogens is 1. The molecule has 0 radical (unpaired) electrons. The topological polar surface area (TPSA) is 72.0 Å². The Kier molecular flexibility index (Phi) is 3.57. The molecule has 1 unspecified atom stereocenters. The summed E-state index contributed by atoms with van der Waals surface area (Å²) in [7, 11) is 0. The predicted molar refractivity (Wildman–Crippen MR) is 70.7 cm³/mol. The molecule has 3 N–H and O–H groups in total. The maximum absolute atomic E-state index is 7.37. The van der Waals surface area contributed by atoms with Gasteiger partial charge in [0.05, 0.1) is 0 Å². The molecule has 92 valence electrons. The Morgan fingerprint density at radius 1 is 1.28 bits per heavy atom. The van der Waals surface area contributed by atoms with Crippen molar-refractivity contribution in [3.8, 4) is 5.88 Å². The van der Waals surface area contributed by atoms with Crippen molar-refractivity contribution in [3.05, 3.63) is 59.8 Å². The van der Waals surface area contributed by atoms with Crippen LogP contribution in [0.4, 0.5) is 0 Å². The molecule has 0 saturated heterocycles. The first-order valence-electron chi connectivity index (χ1n) is 5.69. The minimum Gasteiger partial charge on any atom is -0.470 e. The molecule has 0 aliphatic rings. The van der Waals surface area contributed by atoms with Crippen molar-refractivity contribution in [1.29, 1.82) is 5.41 Å². The summed E-state index contributed by atoms with van der Waals surface area (Å²) in [6.45, 7) is 1.96. The Balaban J connectivity index is 2.14. The molecule has 0 bridgehead atoms. The number of pyridine rings is 1. The lowest BCUT2D eigenvalue weighted by Crippen LogP contribution is -2.12. The highest BCUT2D eigenvalue weighted by Gasteiger charge is 2.08. The van der Waals surface area contributed by atoms with Crippen LogP contribution in [0, 0.1) is 5.41 Å². The normalized spacial score (nSPS) is 11.8. The van der Waals surface area contributed by atoms with E-state index in [1.165, 1.54) is 0 Å². The number of nitrogens with zero attached hydrogens (tertiary/aromatic N) is 1. The minimum absolute atomic E-state index is 0.00890. The van der Waals surface area contributed by atoms with Crippen molar-refractivity contribution in [1.82, 2.24) is 4.98 Å². The molecule has 0 saturated carbocycles. The molecule has 2 rings (SSSR count). The molecule has 0 fully saturated rings. The third kappa shape index (κ3) is 2.85. The van der Waals surface area contributed by atoms with Gasteiger partial charge in [-0.05, 0) is 18.6 Å². The summed E-state index contributed by atoms with van der Waals surface area (Å²) in [6.07, 6.45) is 1.49. The van der Waals surface area contributed by atoms with Crippen molar-refractivity contribution in [2.45, 2.75) is 13.0 Å². The second-order valence-corrected chi connectivity index (χ2v) is 3.97. The third-order valence-corrected chi connectivity index (χ3v) is 2.61. The molecule has 0 amide bonds. The van der Waals surface area contributed by atoms with Gasteiger partial charge in [0.2, 0.25) is 5.88 Å². The number of amidine groups is 1. The summed E-state index contributed by atoms with van der Waals surface area (Å²) < 4.78 is 5.73. The summed E-state index contributed by atoms with van der Waals surface area (Å²) in [5.74, 6) is 0.480. The van der Waals surface area contributed by atoms with Gasteiger partial charge in [0.1, 0.15) is 11.9 Å². The summed E-state index contributed by atoms with van der Waals surface area (Å²) in [5, 5.41) is 7.37. The van der Waals surface area contributed by atoms with Crippen LogP contribution < -0.4 is 10.5 Å². The van der Waals surface area contributed by atoms with Gasteiger partial charge >= 0.3 is 0 Å². The molecule has 0 spiro atoms. The van der Waals surface area contributed by atoms with Gasteiger partial charge in [-0.15, -0.1) is 0 Å². The smallest absolute Gasteiger partial charge is 0.214 e. The van der Waals surface area contributed by atoms with E-state index in [4.69, 9.17) is 15.9 Å². The summed E-state index contributed by atoms with van der Waals surface area (Å²) in [5.41, 5.74) is 7.11. The zero-order valence-corrected chi connectivity index (χ0v) is 10.1. The fourth-order valence-corrected chi connectivity index (χ4v) is 1.61. The molecule has 1 atom stereocenters. The van der Waals surface area contributed by atoms with Gasteiger partial charge < -0.3 is 10.5 Å². The lowest BCUT2D eigenvalue weighted by molar-refractivity contribution is 0.217. The van der Waals surface area contributed by atoms with Gasteiger partial charge in [0, 0.05) is 17.8 Å². The number of nitrogen functional groups attached to an aromatic ring is 1. The van der Waals surface area contributed by atoms with Crippen molar-refractivity contribution in [2.75, 3.05) is 0 Å². The van der Waals surface area contributed by atoms with Gasteiger partial charge in [-0.25, -0.2) is 4.98 Å². The average molecular weight is 241 g/mol. The summed E-state index contributed by atoms with van der Waals surface area (Å²) in [6, 6.07) is 13.2. The average Bonchev–Trinajstić information content (AvgIpc) is 2.40. The zero-order valence-electron chi connectivity index (χ0n) is 10.1. The van der Waals surface area contributed by atoms with Crippen LogP contribution in [0.15, 0.2) is 48.7 Å². The van der Waals surface area contributed by atoms with Crippen LogP contribution >= 0.6 is 0 Å². The van der Waals surface area contributed by atoms with Crippen molar-refractivity contribution in [3.63, 3.8) is 0 Å². The van der Waals surface area contributed by atoms with Crippen molar-refractivity contribution in [2.24, 2.45) is 5.73 Å². The molecule has 1 heterocycles. The Morgan fingerprint density at radius 2 is 2.00 bits per heavy atom. The third-order valence-electron chi connectivity index (χ3n) is 2.61. The fourth-order valence-electron chi connectivity index (χ4n) is 1.61. The minimum atomic E-state index is -0.0964. The van der Waals surface area contributed by atoms with E-state index in [2.05, 4.69) is 4.98 Å². The van der Waals surface area contributed by atoms with Crippen LogP contribution in [0.3, 0.4) is 0 Å². The van der Waals surface area contributed by atoms with E-state index in [9.17, 15) is 0 Å². The number of benzene rings is 1. The number of nitrogens with two attached hydrogens (primary N) is 1. The fraction of sp³-hybridized carbons (Fsp3) is 0.143. The number of hydrogen-bond donors (Lipinski definition) is 2. The van der Waals surface area contributed by atoms with Gasteiger partial charge in [0.15, 0.2) is 0 Å². The molecule has 4 heteroatoms. The number of ether oxygens (including phenoxy) is 1. The first-order chi connectivity index (χ1) is 8.66. The van der Waals surface area contributed by atoms with Crippen molar-refractivity contribution < 1.29 is 4.74 Å². The maximum atomic E-state index is 7.37. The second kappa shape index (κ2) is 5.31. The first kappa shape index (κ1) is 12.1. The van der Waals surface area contributed by atoms with Gasteiger partial charge in [0.25, 0.3) is 0 Å². The van der Waals surface area contributed by atoms with Gasteiger partial charge in [-0.3, -0.25) is 5.41 Å². The second-order valence-electron chi connectivity index (χ2n) is 3.97. The van der Waals surface area contributed by atoms with Crippen LogP contribution in [-0.2, 0) is 0 Å². The largest absolute Gasteiger partial charge is 0.470 e. The molecule has 0 aliphatic carbocycles. The van der Waals surface area contributed by atoms with Crippen molar-refractivity contribution >= 4 is 5.84 Å². The van der Waals surface area contributed by atoms with E-state index in [1.807, 2.05) is 37.3 Å². The van der Waals surface area contributed by atoms with E-state index in [1.54, 1.807) is 18.3 Å². The van der Waals surface area contributed by atoms with Crippen LogP contribution in [-0.4, -0.2) is 10.8 Å². The first-order valence-corrected chi connectivity index (χ1v) is 5.69. The van der Waals surface area contributed by atoms with Crippen LogP contribution in [0.2, 0.25) is 0 Å². The Morgan fingerprint density at radius 3 is 2.67 bits per heavy atom. The number of rotatable bonds is 4. The quantitative estimate of drug-likeness (QED) is 0.638. The summed E-state index contributed by atoms with van der Waals surface area (Å²) >= 11 is 0. The van der Waals surface area contributed by atoms with E-state index in [-0.39, 0.29) is 11.9 Å². The van der Waals surface area contributed by atoms with E-state index < -0.39 is 0 Å². The number of hydrogen-bond acceptors (Lipinski definition) is 3. The number of nitrogens with one attached hydrogen (secondary N) is 1. The predicted octanol–water partition coefficient (Wildman–Crippen LogP) is 2.51. The highest BCUT2D eigenvalue weighted by Crippen LogP contribution is 2.20. The van der Waals surface area contributed by atoms with E-state index in [0.717, 1.165) is 5.56 Å². The van der Waals surface area contributed by atoms with Gasteiger partial charge in [-0.1, -0.05) is 30.3 Å². The van der Waals surface area contributed by atoms with Crippen LogP contribution in [0.5, 0.6) is 5.88 Å². The lowest BCUT2D eigenvalue weighted by atomic mass is 10.1. The molecule has 1 aromatic carbocycles. The van der Waals surface area contributed by atoms with E-state index in [0.29, 0.717) is 11.4 Å². The highest BCUT2D eigenvalue weighted by molar-refractivity contribution is 5.95. The molecule has 2 aromatic rings. The molecular formula is C14H15N3O.